The molecular weight excluding hydrogens is 226 g/mol. The average Bonchev–Trinajstić information content (AvgIpc) is 1.90. The zero-order chi connectivity index (χ0) is 6.69. The molecule has 0 saturated carbocycles. The van der Waals surface area contributed by atoms with Gasteiger partial charge in [0.05, 0.1) is 0 Å². The van der Waals surface area contributed by atoms with Crippen molar-refractivity contribution in [1.82, 2.24) is 10.1 Å². The lowest BCUT2D eigenvalue weighted by Gasteiger charge is -2.28. The minimum Gasteiger partial charge on any atom is -0.331 e. The van der Waals surface area contributed by atoms with Crippen molar-refractivity contribution in [3.63, 3.8) is 0 Å². The first-order valence-corrected chi connectivity index (χ1v) is 4.64. The van der Waals surface area contributed by atoms with Crippen LogP contribution in [0.4, 0.5) is 0 Å². The Bertz CT molecular complexity index is 83.0. The van der Waals surface area contributed by atoms with E-state index in [0.29, 0.717) is 4.70 Å². The molecule has 0 atom stereocenters. The zero-order valence-corrected chi connectivity index (χ0v) is 7.89. The van der Waals surface area contributed by atoms with Crippen LogP contribution in [0.2, 0.25) is 6.82 Å². The fourth-order valence-electron chi connectivity index (χ4n) is 1.04. The SMILES string of the molecule is CB(I)N1CCNCC1. The number of hydrogen-bond acceptors (Lipinski definition) is 2. The van der Waals surface area contributed by atoms with Gasteiger partial charge in [0.1, 0.15) is 0 Å². The summed E-state index contributed by atoms with van der Waals surface area (Å²) < 4.78 is 0.699. The lowest BCUT2D eigenvalue weighted by atomic mass is 9.94. The number of piperazine rings is 1. The van der Waals surface area contributed by atoms with Crippen molar-refractivity contribution < 1.29 is 0 Å². The Kier molecular flexibility index (Phi) is 3.28. The van der Waals surface area contributed by atoms with Crippen LogP contribution in [0.3, 0.4) is 0 Å². The van der Waals surface area contributed by atoms with E-state index in [0.717, 1.165) is 13.1 Å². The van der Waals surface area contributed by atoms with Crippen molar-refractivity contribution in [2.24, 2.45) is 0 Å². The Morgan fingerprint density at radius 2 is 2.00 bits per heavy atom. The number of hydrogen-bond donors (Lipinski definition) is 1. The molecule has 52 valence electrons. The smallest absolute Gasteiger partial charge is 0.294 e. The first-order valence-electron chi connectivity index (χ1n) is 3.39. The van der Waals surface area contributed by atoms with Gasteiger partial charge < -0.3 is 10.1 Å². The van der Waals surface area contributed by atoms with E-state index in [1.807, 2.05) is 0 Å². The molecule has 1 heterocycles. The molecule has 0 aromatic heterocycles. The molecule has 1 aliphatic rings. The normalized spacial score (nSPS) is 22.0. The summed E-state index contributed by atoms with van der Waals surface area (Å²) in [7, 11) is 0. The fraction of sp³-hybridized carbons (Fsp3) is 1.00. The van der Waals surface area contributed by atoms with Crippen molar-refractivity contribution in [1.29, 1.82) is 0 Å². The highest BCUT2D eigenvalue weighted by molar-refractivity contribution is 14.1. The Labute approximate surface area is 70.3 Å². The van der Waals surface area contributed by atoms with E-state index < -0.39 is 0 Å². The Balaban J connectivity index is 2.23. The van der Waals surface area contributed by atoms with Crippen molar-refractivity contribution in [2.45, 2.75) is 6.82 Å². The molecule has 1 N–H and O–H groups in total. The average molecular weight is 238 g/mol. The van der Waals surface area contributed by atoms with Crippen LogP contribution in [0.15, 0.2) is 0 Å². The zero-order valence-electron chi connectivity index (χ0n) is 5.73. The van der Waals surface area contributed by atoms with Gasteiger partial charge in [-0.25, -0.2) is 0 Å². The van der Waals surface area contributed by atoms with Gasteiger partial charge in [0.25, 0.3) is 4.70 Å². The van der Waals surface area contributed by atoms with Crippen LogP contribution in [0.5, 0.6) is 0 Å². The molecule has 0 aromatic rings. The van der Waals surface area contributed by atoms with E-state index in [4.69, 9.17) is 0 Å². The van der Waals surface area contributed by atoms with E-state index in [1.165, 1.54) is 13.1 Å². The maximum absolute atomic E-state index is 3.32. The molecule has 1 saturated heterocycles. The second kappa shape index (κ2) is 3.78. The molecule has 0 spiro atoms. The number of halogens is 1. The third-order valence-electron chi connectivity index (χ3n) is 1.65. The molecular formula is C5H12BIN2. The summed E-state index contributed by atoms with van der Waals surface area (Å²) in [6.07, 6.45) is 0. The van der Waals surface area contributed by atoms with Gasteiger partial charge in [-0.2, -0.15) is 0 Å². The second-order valence-electron chi connectivity index (χ2n) is 2.36. The molecule has 0 aliphatic carbocycles. The minimum absolute atomic E-state index is 0.699. The first-order chi connectivity index (χ1) is 4.30. The van der Waals surface area contributed by atoms with Crippen LogP contribution in [0, 0.1) is 0 Å². The second-order valence-corrected chi connectivity index (χ2v) is 4.16. The summed E-state index contributed by atoms with van der Waals surface area (Å²) >= 11 is 2.46. The topological polar surface area (TPSA) is 15.3 Å². The highest BCUT2D eigenvalue weighted by atomic mass is 127. The van der Waals surface area contributed by atoms with E-state index in [9.17, 15) is 0 Å². The fourth-order valence-corrected chi connectivity index (χ4v) is 1.59. The van der Waals surface area contributed by atoms with Gasteiger partial charge in [0.2, 0.25) is 0 Å². The summed E-state index contributed by atoms with van der Waals surface area (Å²) in [4.78, 5) is 2.48. The Morgan fingerprint density at radius 1 is 1.44 bits per heavy atom. The standard InChI is InChI=1S/C5H12BIN2/c1-6(7)9-4-2-8-3-5-9/h8H,2-5H2,1H3. The van der Waals surface area contributed by atoms with Gasteiger partial charge in [-0.05, 0) is 0 Å². The summed E-state index contributed by atoms with van der Waals surface area (Å²) in [6.45, 7) is 6.99. The van der Waals surface area contributed by atoms with Crippen LogP contribution < -0.4 is 5.32 Å². The van der Waals surface area contributed by atoms with Gasteiger partial charge in [-0.3, -0.25) is 0 Å². The highest BCUT2D eigenvalue weighted by Gasteiger charge is 2.15. The molecule has 9 heavy (non-hydrogen) atoms. The van der Waals surface area contributed by atoms with Crippen molar-refractivity contribution in [3.8, 4) is 0 Å². The van der Waals surface area contributed by atoms with Gasteiger partial charge in [-0.1, -0.05) is 6.82 Å². The van der Waals surface area contributed by atoms with Crippen LogP contribution in [-0.4, -0.2) is 35.7 Å². The Hall–Kier alpha value is 0.715. The maximum Gasteiger partial charge on any atom is 0.294 e. The monoisotopic (exact) mass is 238 g/mol. The van der Waals surface area contributed by atoms with Crippen molar-refractivity contribution in [3.05, 3.63) is 0 Å². The quantitative estimate of drug-likeness (QED) is 0.526. The molecule has 1 aliphatic heterocycles. The largest absolute Gasteiger partial charge is 0.331 e. The van der Waals surface area contributed by atoms with Crippen molar-refractivity contribution in [2.75, 3.05) is 26.2 Å². The predicted molar refractivity (Wildman–Crippen MR) is 50.1 cm³/mol. The number of rotatable bonds is 1. The van der Waals surface area contributed by atoms with Gasteiger partial charge >= 0.3 is 0 Å². The third-order valence-corrected chi connectivity index (χ3v) is 2.44. The molecule has 1 rings (SSSR count). The minimum atomic E-state index is 0.699. The van der Waals surface area contributed by atoms with Crippen LogP contribution in [0.25, 0.3) is 0 Å². The summed E-state index contributed by atoms with van der Waals surface area (Å²) in [6, 6.07) is 0. The van der Waals surface area contributed by atoms with Gasteiger partial charge in [0, 0.05) is 26.2 Å². The Morgan fingerprint density at radius 3 is 2.33 bits per heavy atom. The van der Waals surface area contributed by atoms with E-state index in [1.54, 1.807) is 0 Å². The van der Waals surface area contributed by atoms with E-state index in [-0.39, 0.29) is 0 Å². The third kappa shape index (κ3) is 2.43. The molecule has 2 nitrogen and oxygen atoms in total. The number of nitrogens with zero attached hydrogens (tertiary/aromatic N) is 1. The van der Waals surface area contributed by atoms with Crippen LogP contribution in [-0.2, 0) is 0 Å². The first kappa shape index (κ1) is 7.82. The summed E-state index contributed by atoms with van der Waals surface area (Å²) in [5.41, 5.74) is 0. The van der Waals surface area contributed by atoms with Gasteiger partial charge in [0.15, 0.2) is 0 Å². The highest BCUT2D eigenvalue weighted by Crippen LogP contribution is 2.02. The maximum atomic E-state index is 3.32. The molecule has 0 radical (unpaired) electrons. The lowest BCUT2D eigenvalue weighted by Crippen LogP contribution is -2.47. The summed E-state index contributed by atoms with van der Waals surface area (Å²) in [5, 5.41) is 3.32. The predicted octanol–water partition coefficient (Wildman–Crippen LogP) is 0.445. The van der Waals surface area contributed by atoms with Crippen LogP contribution >= 0.6 is 22.4 Å². The molecule has 4 heteroatoms. The van der Waals surface area contributed by atoms with Gasteiger partial charge in [-0.15, -0.1) is 22.4 Å². The van der Waals surface area contributed by atoms with E-state index in [2.05, 4.69) is 39.3 Å². The molecule has 0 unspecified atom stereocenters. The van der Waals surface area contributed by atoms with Crippen molar-refractivity contribution >= 4 is 27.1 Å². The lowest BCUT2D eigenvalue weighted by molar-refractivity contribution is 0.376. The van der Waals surface area contributed by atoms with Crippen LogP contribution in [0.1, 0.15) is 0 Å². The molecule has 0 aromatic carbocycles. The number of nitrogens with one attached hydrogen (secondary N) is 1. The molecule has 1 fully saturated rings. The molecule has 0 amide bonds. The van der Waals surface area contributed by atoms with E-state index >= 15 is 0 Å². The summed E-state index contributed by atoms with van der Waals surface area (Å²) in [5.74, 6) is 0. The molecule has 0 bridgehead atoms.